The zero-order chi connectivity index (χ0) is 12.6. The molecule has 0 amide bonds. The van der Waals surface area contributed by atoms with Gasteiger partial charge in [0, 0.05) is 24.6 Å². The summed E-state index contributed by atoms with van der Waals surface area (Å²) >= 11 is 0. The van der Waals surface area contributed by atoms with Crippen molar-refractivity contribution in [2.45, 2.75) is 19.4 Å². The molecule has 0 atom stereocenters. The van der Waals surface area contributed by atoms with Crippen LogP contribution in [0, 0.1) is 0 Å². The number of imidazole rings is 1. The molecule has 0 fully saturated rings. The molecule has 1 heterocycles. The summed E-state index contributed by atoms with van der Waals surface area (Å²) in [6, 6.07) is 8.51. The van der Waals surface area contributed by atoms with Gasteiger partial charge in [0.2, 0.25) is 0 Å². The van der Waals surface area contributed by atoms with E-state index >= 15 is 0 Å². The van der Waals surface area contributed by atoms with Gasteiger partial charge < -0.3 is 15.6 Å². The first-order valence-electron chi connectivity index (χ1n) is 6.38. The van der Waals surface area contributed by atoms with Crippen molar-refractivity contribution in [2.75, 3.05) is 13.1 Å². The van der Waals surface area contributed by atoms with Gasteiger partial charge >= 0.3 is 0 Å². The van der Waals surface area contributed by atoms with Crippen LogP contribution >= 0.6 is 0 Å². The minimum Gasteiger partial charge on any atom is -0.330 e. The molecule has 18 heavy (non-hydrogen) atoms. The van der Waals surface area contributed by atoms with Crippen molar-refractivity contribution in [3.8, 4) is 5.69 Å². The van der Waals surface area contributed by atoms with Crippen LogP contribution in [0.5, 0.6) is 0 Å². The Hall–Kier alpha value is -1.65. The highest BCUT2D eigenvalue weighted by Gasteiger charge is 1.96. The topological polar surface area (TPSA) is 55.9 Å². The van der Waals surface area contributed by atoms with Gasteiger partial charge in [-0.05, 0) is 43.6 Å². The second kappa shape index (κ2) is 6.93. The van der Waals surface area contributed by atoms with E-state index in [-0.39, 0.29) is 0 Å². The van der Waals surface area contributed by atoms with E-state index in [1.165, 1.54) is 5.56 Å². The second-order valence-electron chi connectivity index (χ2n) is 4.31. The average molecular weight is 244 g/mol. The maximum atomic E-state index is 5.45. The summed E-state index contributed by atoms with van der Waals surface area (Å²) in [4.78, 5) is 4.04. The molecule has 2 rings (SSSR count). The monoisotopic (exact) mass is 244 g/mol. The SMILES string of the molecule is NCCCCNCc1ccc(-n2ccnc2)cc1. The van der Waals surface area contributed by atoms with E-state index in [2.05, 4.69) is 34.6 Å². The Balaban J connectivity index is 1.81. The number of nitrogens with two attached hydrogens (primary N) is 1. The Labute approximate surface area is 108 Å². The van der Waals surface area contributed by atoms with Gasteiger partial charge in [-0.3, -0.25) is 0 Å². The number of aromatic nitrogens is 2. The van der Waals surface area contributed by atoms with Crippen molar-refractivity contribution in [1.29, 1.82) is 0 Å². The highest BCUT2D eigenvalue weighted by atomic mass is 15.0. The minimum absolute atomic E-state index is 0.779. The first kappa shape index (κ1) is 12.8. The van der Waals surface area contributed by atoms with Gasteiger partial charge in [-0.15, -0.1) is 0 Å². The Morgan fingerprint density at radius 3 is 2.67 bits per heavy atom. The molecule has 0 spiro atoms. The normalized spacial score (nSPS) is 10.7. The molecular weight excluding hydrogens is 224 g/mol. The molecule has 0 bridgehead atoms. The Morgan fingerprint density at radius 1 is 1.17 bits per heavy atom. The predicted molar refractivity (Wildman–Crippen MR) is 73.6 cm³/mol. The molecule has 4 nitrogen and oxygen atoms in total. The van der Waals surface area contributed by atoms with Gasteiger partial charge in [0.15, 0.2) is 0 Å². The lowest BCUT2D eigenvalue weighted by atomic mass is 10.2. The number of hydrogen-bond acceptors (Lipinski definition) is 3. The Morgan fingerprint density at radius 2 is 2.00 bits per heavy atom. The van der Waals surface area contributed by atoms with E-state index < -0.39 is 0 Å². The van der Waals surface area contributed by atoms with Gasteiger partial charge in [0.25, 0.3) is 0 Å². The van der Waals surface area contributed by atoms with E-state index in [0.717, 1.165) is 38.2 Å². The van der Waals surface area contributed by atoms with Gasteiger partial charge in [-0.25, -0.2) is 4.98 Å². The van der Waals surface area contributed by atoms with Crippen LogP contribution in [0.4, 0.5) is 0 Å². The third-order valence-corrected chi connectivity index (χ3v) is 2.88. The molecular formula is C14H20N4. The van der Waals surface area contributed by atoms with E-state index in [4.69, 9.17) is 5.73 Å². The maximum Gasteiger partial charge on any atom is 0.0991 e. The fraction of sp³-hybridized carbons (Fsp3) is 0.357. The number of hydrogen-bond donors (Lipinski definition) is 2. The van der Waals surface area contributed by atoms with Crippen LogP contribution in [0.15, 0.2) is 43.0 Å². The average Bonchev–Trinajstić information content (AvgIpc) is 2.93. The lowest BCUT2D eigenvalue weighted by molar-refractivity contribution is 0.627. The van der Waals surface area contributed by atoms with Crippen molar-refractivity contribution >= 4 is 0 Å². The van der Waals surface area contributed by atoms with Crippen LogP contribution in [0.2, 0.25) is 0 Å². The molecule has 1 aromatic heterocycles. The van der Waals surface area contributed by atoms with Gasteiger partial charge in [-0.1, -0.05) is 12.1 Å². The first-order valence-corrected chi connectivity index (χ1v) is 6.38. The van der Waals surface area contributed by atoms with Crippen LogP contribution < -0.4 is 11.1 Å². The second-order valence-corrected chi connectivity index (χ2v) is 4.31. The summed E-state index contributed by atoms with van der Waals surface area (Å²) < 4.78 is 2.00. The standard InChI is InChI=1S/C14H20N4/c15-7-1-2-8-16-11-13-3-5-14(6-4-13)18-10-9-17-12-18/h3-6,9-10,12,16H,1-2,7-8,11,15H2. The third-order valence-electron chi connectivity index (χ3n) is 2.88. The van der Waals surface area contributed by atoms with Crippen molar-refractivity contribution in [3.63, 3.8) is 0 Å². The molecule has 96 valence electrons. The van der Waals surface area contributed by atoms with Crippen LogP contribution in [0.25, 0.3) is 5.69 Å². The van der Waals surface area contributed by atoms with E-state index in [1.807, 2.05) is 10.8 Å². The molecule has 0 saturated carbocycles. The molecule has 0 aliphatic rings. The number of benzene rings is 1. The smallest absolute Gasteiger partial charge is 0.0991 e. The zero-order valence-electron chi connectivity index (χ0n) is 10.5. The van der Waals surface area contributed by atoms with Crippen molar-refractivity contribution < 1.29 is 0 Å². The lowest BCUT2D eigenvalue weighted by Crippen LogP contribution is -2.15. The van der Waals surface area contributed by atoms with E-state index in [1.54, 1.807) is 12.5 Å². The molecule has 1 aromatic carbocycles. The molecule has 0 saturated heterocycles. The van der Waals surface area contributed by atoms with Crippen LogP contribution in [-0.2, 0) is 6.54 Å². The maximum absolute atomic E-state index is 5.45. The fourth-order valence-electron chi connectivity index (χ4n) is 1.82. The zero-order valence-corrected chi connectivity index (χ0v) is 10.5. The molecule has 2 aromatic rings. The van der Waals surface area contributed by atoms with Crippen LogP contribution in [0.1, 0.15) is 18.4 Å². The number of unbranched alkanes of at least 4 members (excludes halogenated alkanes) is 1. The lowest BCUT2D eigenvalue weighted by Gasteiger charge is -2.06. The highest BCUT2D eigenvalue weighted by Crippen LogP contribution is 2.09. The van der Waals surface area contributed by atoms with Gasteiger partial charge in [-0.2, -0.15) is 0 Å². The van der Waals surface area contributed by atoms with Gasteiger partial charge in [0.05, 0.1) is 6.33 Å². The summed E-state index contributed by atoms with van der Waals surface area (Å²) in [5, 5.41) is 3.42. The first-order chi connectivity index (χ1) is 8.90. The van der Waals surface area contributed by atoms with Crippen molar-refractivity contribution in [1.82, 2.24) is 14.9 Å². The minimum atomic E-state index is 0.779. The van der Waals surface area contributed by atoms with Crippen LogP contribution in [-0.4, -0.2) is 22.6 Å². The third kappa shape index (κ3) is 3.68. The molecule has 0 aliphatic carbocycles. The largest absolute Gasteiger partial charge is 0.330 e. The summed E-state index contributed by atoms with van der Waals surface area (Å²) in [6.45, 7) is 2.72. The van der Waals surface area contributed by atoms with Crippen molar-refractivity contribution in [3.05, 3.63) is 48.5 Å². The summed E-state index contributed by atoms with van der Waals surface area (Å²) in [6.07, 6.45) is 7.77. The summed E-state index contributed by atoms with van der Waals surface area (Å²) in [5.74, 6) is 0. The van der Waals surface area contributed by atoms with E-state index in [0.29, 0.717) is 0 Å². The van der Waals surface area contributed by atoms with Crippen LogP contribution in [0.3, 0.4) is 0 Å². The quantitative estimate of drug-likeness (QED) is 0.729. The fourth-order valence-corrected chi connectivity index (χ4v) is 1.82. The summed E-state index contributed by atoms with van der Waals surface area (Å²) in [5.41, 5.74) is 7.89. The number of nitrogens with zero attached hydrogens (tertiary/aromatic N) is 2. The number of nitrogens with one attached hydrogen (secondary N) is 1. The predicted octanol–water partition coefficient (Wildman–Crippen LogP) is 1.70. The Bertz CT molecular complexity index is 433. The summed E-state index contributed by atoms with van der Waals surface area (Å²) in [7, 11) is 0. The molecule has 0 radical (unpaired) electrons. The van der Waals surface area contributed by atoms with E-state index in [9.17, 15) is 0 Å². The highest BCUT2D eigenvalue weighted by molar-refractivity contribution is 5.34. The molecule has 3 N–H and O–H groups in total. The van der Waals surface area contributed by atoms with Gasteiger partial charge in [0.1, 0.15) is 0 Å². The number of rotatable bonds is 7. The Kier molecular flexibility index (Phi) is 4.93. The molecule has 0 unspecified atom stereocenters. The molecule has 0 aliphatic heterocycles. The van der Waals surface area contributed by atoms with Crippen molar-refractivity contribution in [2.24, 2.45) is 5.73 Å². The molecule has 4 heteroatoms.